The van der Waals surface area contributed by atoms with E-state index in [4.69, 9.17) is 4.74 Å². The van der Waals surface area contributed by atoms with Crippen LogP contribution >= 0.6 is 11.8 Å². The summed E-state index contributed by atoms with van der Waals surface area (Å²) < 4.78 is 5.09. The highest BCUT2D eigenvalue weighted by Gasteiger charge is 2.25. The van der Waals surface area contributed by atoms with Gasteiger partial charge in [0.15, 0.2) is 0 Å². The summed E-state index contributed by atoms with van der Waals surface area (Å²) in [7, 11) is 0. The van der Waals surface area contributed by atoms with Crippen LogP contribution in [0.5, 0.6) is 0 Å². The van der Waals surface area contributed by atoms with Crippen LogP contribution < -0.4 is 0 Å². The van der Waals surface area contributed by atoms with E-state index < -0.39 is 0 Å². The minimum Gasteiger partial charge on any atom is -0.463 e. The van der Waals surface area contributed by atoms with Crippen LogP contribution in [0.4, 0.5) is 0 Å². The summed E-state index contributed by atoms with van der Waals surface area (Å²) in [6, 6.07) is 0. The molecule has 0 unspecified atom stereocenters. The van der Waals surface area contributed by atoms with Crippen molar-refractivity contribution in [2.45, 2.75) is 64.1 Å². The first-order valence-electron chi connectivity index (χ1n) is 5.10. The van der Waals surface area contributed by atoms with Crippen molar-refractivity contribution in [1.29, 1.82) is 0 Å². The van der Waals surface area contributed by atoms with Gasteiger partial charge in [-0.2, -0.15) is 11.8 Å². The minimum absolute atomic E-state index is 0.0117. The van der Waals surface area contributed by atoms with Gasteiger partial charge in [0.1, 0.15) is 0 Å². The quantitative estimate of drug-likeness (QED) is 0.663. The van der Waals surface area contributed by atoms with Gasteiger partial charge in [0.2, 0.25) is 0 Å². The number of rotatable bonds is 5. The Morgan fingerprint density at radius 3 is 2.14 bits per heavy atom. The van der Waals surface area contributed by atoms with Crippen molar-refractivity contribution in [3.05, 3.63) is 0 Å². The number of esters is 1. The minimum atomic E-state index is -0.0989. The zero-order chi connectivity index (χ0) is 11.4. The van der Waals surface area contributed by atoms with E-state index in [1.54, 1.807) is 0 Å². The number of carbonyl (C=O) groups excluding carboxylic acids is 1. The lowest BCUT2D eigenvalue weighted by atomic mass is 10.1. The van der Waals surface area contributed by atoms with E-state index in [-0.39, 0.29) is 16.8 Å². The second-order valence-electron chi connectivity index (χ2n) is 4.64. The summed E-state index contributed by atoms with van der Waals surface area (Å²) >= 11 is 1.81. The van der Waals surface area contributed by atoms with Crippen LogP contribution in [0, 0.1) is 0 Å². The molecule has 0 spiro atoms. The van der Waals surface area contributed by atoms with Gasteiger partial charge < -0.3 is 4.74 Å². The third kappa shape index (κ3) is 7.25. The molecule has 0 aromatic heterocycles. The Hall–Kier alpha value is -0.180. The van der Waals surface area contributed by atoms with E-state index >= 15 is 0 Å². The molecule has 0 saturated carbocycles. The summed E-state index contributed by atoms with van der Waals surface area (Å²) in [5.41, 5.74) is 0. The van der Waals surface area contributed by atoms with Gasteiger partial charge in [-0.3, -0.25) is 4.79 Å². The SMILES string of the molecule is CC(C)OC(=O)CC(C)(C)SC(C)C. The summed E-state index contributed by atoms with van der Waals surface area (Å²) in [6.45, 7) is 12.2. The molecule has 0 aliphatic rings. The van der Waals surface area contributed by atoms with Gasteiger partial charge in [0.05, 0.1) is 12.5 Å². The van der Waals surface area contributed by atoms with Crippen molar-refractivity contribution in [1.82, 2.24) is 0 Å². The predicted octanol–water partition coefficient (Wildman–Crippen LogP) is 3.25. The fourth-order valence-corrected chi connectivity index (χ4v) is 2.81. The Labute approximate surface area is 91.8 Å². The predicted molar refractivity (Wildman–Crippen MR) is 62.7 cm³/mol. The van der Waals surface area contributed by atoms with E-state index in [9.17, 15) is 4.79 Å². The van der Waals surface area contributed by atoms with Gasteiger partial charge in [-0.05, 0) is 19.1 Å². The smallest absolute Gasteiger partial charge is 0.307 e. The van der Waals surface area contributed by atoms with Crippen molar-refractivity contribution in [2.24, 2.45) is 0 Å². The third-order valence-electron chi connectivity index (χ3n) is 1.49. The van der Waals surface area contributed by atoms with Crippen LogP contribution in [0.3, 0.4) is 0 Å². The maximum absolute atomic E-state index is 11.4. The fourth-order valence-electron chi connectivity index (χ4n) is 1.33. The highest BCUT2D eigenvalue weighted by Crippen LogP contribution is 2.31. The molecule has 3 heteroatoms. The first kappa shape index (κ1) is 13.8. The zero-order valence-electron chi connectivity index (χ0n) is 10.1. The Kier molecular flexibility index (Phi) is 5.57. The second-order valence-corrected chi connectivity index (χ2v) is 6.93. The molecule has 0 fully saturated rings. The van der Waals surface area contributed by atoms with Crippen LogP contribution in [0.2, 0.25) is 0 Å². The number of ether oxygens (including phenoxy) is 1. The molecule has 0 aromatic rings. The van der Waals surface area contributed by atoms with Gasteiger partial charge >= 0.3 is 5.97 Å². The summed E-state index contributed by atoms with van der Waals surface area (Å²) in [6.07, 6.45) is 0.468. The van der Waals surface area contributed by atoms with Gasteiger partial charge in [-0.1, -0.05) is 27.7 Å². The number of hydrogen-bond donors (Lipinski definition) is 0. The summed E-state index contributed by atoms with van der Waals surface area (Å²) in [5, 5.41) is 0.539. The number of thioether (sulfide) groups is 1. The molecular formula is C11H22O2S. The molecule has 0 bridgehead atoms. The van der Waals surface area contributed by atoms with Crippen molar-refractivity contribution < 1.29 is 9.53 Å². The van der Waals surface area contributed by atoms with Gasteiger partial charge in [0, 0.05) is 4.75 Å². The van der Waals surface area contributed by atoms with Crippen LogP contribution in [0.1, 0.15) is 48.0 Å². The lowest BCUT2D eigenvalue weighted by Gasteiger charge is -2.25. The van der Waals surface area contributed by atoms with Crippen molar-refractivity contribution >= 4 is 17.7 Å². The van der Waals surface area contributed by atoms with Gasteiger partial charge in [-0.25, -0.2) is 0 Å². The molecule has 14 heavy (non-hydrogen) atoms. The molecule has 0 atom stereocenters. The normalized spacial score (nSPS) is 12.3. The standard InChI is InChI=1S/C11H22O2S/c1-8(2)13-10(12)7-11(5,6)14-9(3)4/h8-9H,7H2,1-6H3. The Balaban J connectivity index is 4.01. The first-order valence-corrected chi connectivity index (χ1v) is 5.98. The molecule has 2 nitrogen and oxygen atoms in total. The molecule has 0 amide bonds. The highest BCUT2D eigenvalue weighted by atomic mass is 32.2. The monoisotopic (exact) mass is 218 g/mol. The second kappa shape index (κ2) is 5.64. The van der Waals surface area contributed by atoms with E-state index in [0.717, 1.165) is 0 Å². The van der Waals surface area contributed by atoms with E-state index in [1.807, 2.05) is 25.6 Å². The topological polar surface area (TPSA) is 26.3 Å². The molecule has 0 aliphatic heterocycles. The Morgan fingerprint density at radius 1 is 1.29 bits per heavy atom. The third-order valence-corrected chi connectivity index (χ3v) is 2.75. The van der Waals surface area contributed by atoms with Crippen molar-refractivity contribution in [3.63, 3.8) is 0 Å². The van der Waals surface area contributed by atoms with Crippen LogP contribution in [0.15, 0.2) is 0 Å². The van der Waals surface area contributed by atoms with Crippen LogP contribution in [-0.2, 0) is 9.53 Å². The summed E-state index contributed by atoms with van der Waals surface area (Å²) in [4.78, 5) is 11.4. The van der Waals surface area contributed by atoms with E-state index in [2.05, 4.69) is 27.7 Å². The number of hydrogen-bond acceptors (Lipinski definition) is 3. The highest BCUT2D eigenvalue weighted by molar-refractivity contribution is 8.01. The maximum Gasteiger partial charge on any atom is 0.307 e. The molecule has 84 valence electrons. The average molecular weight is 218 g/mol. The Bertz CT molecular complexity index is 186. The zero-order valence-corrected chi connectivity index (χ0v) is 10.9. The van der Waals surface area contributed by atoms with Crippen LogP contribution in [-0.4, -0.2) is 22.1 Å². The van der Waals surface area contributed by atoms with Crippen LogP contribution in [0.25, 0.3) is 0 Å². The molecule has 0 heterocycles. The lowest BCUT2D eigenvalue weighted by molar-refractivity contribution is -0.147. The number of carbonyl (C=O) groups is 1. The molecule has 0 radical (unpaired) electrons. The molecule has 0 N–H and O–H groups in total. The molecular weight excluding hydrogens is 196 g/mol. The molecule has 0 aromatic carbocycles. The molecule has 0 aliphatic carbocycles. The van der Waals surface area contributed by atoms with Crippen molar-refractivity contribution in [2.75, 3.05) is 0 Å². The van der Waals surface area contributed by atoms with E-state index in [1.165, 1.54) is 0 Å². The molecule has 0 saturated heterocycles. The molecule has 0 rings (SSSR count). The first-order chi connectivity index (χ1) is 6.23. The maximum atomic E-state index is 11.4. The Morgan fingerprint density at radius 2 is 1.79 bits per heavy atom. The van der Waals surface area contributed by atoms with Crippen molar-refractivity contribution in [3.8, 4) is 0 Å². The van der Waals surface area contributed by atoms with Gasteiger partial charge in [0.25, 0.3) is 0 Å². The van der Waals surface area contributed by atoms with E-state index in [0.29, 0.717) is 11.7 Å². The summed E-state index contributed by atoms with van der Waals surface area (Å²) in [5.74, 6) is -0.0989. The largest absolute Gasteiger partial charge is 0.463 e. The van der Waals surface area contributed by atoms with Gasteiger partial charge in [-0.15, -0.1) is 0 Å². The fraction of sp³-hybridized carbons (Fsp3) is 0.909. The lowest BCUT2D eigenvalue weighted by Crippen LogP contribution is -2.25. The average Bonchev–Trinajstić information content (AvgIpc) is 1.77.